The maximum absolute atomic E-state index is 9.79. The molecule has 4 rings (SSSR count). The SMILES string of the molecule is CCCCCC[C@H]1CC[C@H](c2cnc(-c3ccc([C@H]4CC[C@@](C#N)(CCCC)CC4)cc3)nc2)CC1. The van der Waals surface area contributed by atoms with Gasteiger partial charge in [-0.3, -0.25) is 0 Å². The molecule has 3 nitrogen and oxygen atoms in total. The quantitative estimate of drug-likeness (QED) is 0.298. The summed E-state index contributed by atoms with van der Waals surface area (Å²) >= 11 is 0. The molecule has 0 spiro atoms. The van der Waals surface area contributed by atoms with E-state index in [1.807, 2.05) is 0 Å². The van der Waals surface area contributed by atoms with Gasteiger partial charge in [-0.25, -0.2) is 9.97 Å². The normalized spacial score (nSPS) is 26.4. The van der Waals surface area contributed by atoms with E-state index in [0.29, 0.717) is 11.8 Å². The van der Waals surface area contributed by atoms with Crippen LogP contribution in [0.3, 0.4) is 0 Å². The topological polar surface area (TPSA) is 49.6 Å². The zero-order valence-electron chi connectivity index (χ0n) is 22.9. The third kappa shape index (κ3) is 6.96. The van der Waals surface area contributed by atoms with Gasteiger partial charge in [0.25, 0.3) is 0 Å². The molecule has 3 heteroatoms. The molecule has 1 aromatic carbocycles. The number of aromatic nitrogens is 2. The molecule has 0 aliphatic heterocycles. The lowest BCUT2D eigenvalue weighted by atomic mass is 9.67. The largest absolute Gasteiger partial charge is 0.236 e. The van der Waals surface area contributed by atoms with Gasteiger partial charge in [-0.05, 0) is 86.7 Å². The molecular weight excluding hydrogens is 438 g/mol. The predicted octanol–water partition coefficient (Wildman–Crippen LogP) is 9.75. The molecule has 0 amide bonds. The van der Waals surface area contributed by atoms with Crippen molar-refractivity contribution in [1.29, 1.82) is 5.26 Å². The van der Waals surface area contributed by atoms with Crippen LogP contribution in [0.15, 0.2) is 36.7 Å². The summed E-state index contributed by atoms with van der Waals surface area (Å²) in [5, 5.41) is 9.79. The Morgan fingerprint density at radius 2 is 1.42 bits per heavy atom. The summed E-state index contributed by atoms with van der Waals surface area (Å²) < 4.78 is 0. The standard InChI is InChI=1S/C33H47N3/c1-3-5-7-8-9-26-10-12-28(13-11-26)31-23-35-32(36-24-31)30-16-14-27(15-17-30)29-18-21-33(25-34,22-19-29)20-6-4-2/h14-17,23-24,26,28-29H,3-13,18-22H2,1-2H3/t26-,28-,29-,33-. The van der Waals surface area contributed by atoms with Gasteiger partial charge in [0.05, 0.1) is 11.5 Å². The average Bonchev–Trinajstić information content (AvgIpc) is 2.95. The van der Waals surface area contributed by atoms with E-state index in [9.17, 15) is 5.26 Å². The maximum Gasteiger partial charge on any atom is 0.159 e. The zero-order chi connectivity index (χ0) is 25.2. The Labute approximate surface area is 220 Å². The smallest absolute Gasteiger partial charge is 0.159 e. The monoisotopic (exact) mass is 485 g/mol. The highest BCUT2D eigenvalue weighted by atomic mass is 14.9. The lowest BCUT2D eigenvalue weighted by molar-refractivity contribution is 0.224. The molecule has 2 aromatic rings. The first-order valence-corrected chi connectivity index (χ1v) is 15.0. The van der Waals surface area contributed by atoms with Crippen molar-refractivity contribution in [3.05, 3.63) is 47.8 Å². The van der Waals surface area contributed by atoms with Crippen LogP contribution in [-0.2, 0) is 0 Å². The van der Waals surface area contributed by atoms with Crippen LogP contribution in [0.5, 0.6) is 0 Å². The van der Waals surface area contributed by atoms with Gasteiger partial charge in [0, 0.05) is 18.0 Å². The minimum absolute atomic E-state index is 0.0735. The fourth-order valence-corrected chi connectivity index (χ4v) is 6.68. The number of hydrogen-bond donors (Lipinski definition) is 0. The van der Waals surface area contributed by atoms with Crippen LogP contribution < -0.4 is 0 Å². The molecule has 194 valence electrons. The van der Waals surface area contributed by atoms with E-state index in [4.69, 9.17) is 9.97 Å². The van der Waals surface area contributed by atoms with Crippen molar-refractivity contribution in [2.75, 3.05) is 0 Å². The fraction of sp³-hybridized carbons (Fsp3) is 0.667. The van der Waals surface area contributed by atoms with Gasteiger partial charge in [0.1, 0.15) is 0 Å². The number of hydrogen-bond acceptors (Lipinski definition) is 3. The molecule has 0 atom stereocenters. The van der Waals surface area contributed by atoms with Crippen molar-refractivity contribution < 1.29 is 0 Å². The molecule has 2 fully saturated rings. The van der Waals surface area contributed by atoms with Crippen molar-refractivity contribution in [3.63, 3.8) is 0 Å². The zero-order valence-corrected chi connectivity index (χ0v) is 22.9. The van der Waals surface area contributed by atoms with Crippen LogP contribution in [0.25, 0.3) is 11.4 Å². The van der Waals surface area contributed by atoms with E-state index in [1.54, 1.807) is 0 Å². The van der Waals surface area contributed by atoms with Gasteiger partial charge in [-0.15, -0.1) is 0 Å². The van der Waals surface area contributed by atoms with Gasteiger partial charge < -0.3 is 0 Å². The highest BCUT2D eigenvalue weighted by Crippen LogP contribution is 2.45. The van der Waals surface area contributed by atoms with E-state index in [2.05, 4.69) is 56.6 Å². The van der Waals surface area contributed by atoms with Gasteiger partial charge >= 0.3 is 0 Å². The summed E-state index contributed by atoms with van der Waals surface area (Å²) in [6, 6.07) is 11.6. The number of rotatable bonds is 11. The third-order valence-corrected chi connectivity index (χ3v) is 9.28. The molecule has 2 aliphatic rings. The number of nitriles is 1. The Balaban J connectivity index is 1.27. The van der Waals surface area contributed by atoms with E-state index in [1.165, 1.54) is 81.8 Å². The molecule has 36 heavy (non-hydrogen) atoms. The molecule has 0 saturated heterocycles. The Hall–Kier alpha value is -2.21. The summed E-state index contributed by atoms with van der Waals surface area (Å²) in [6.07, 6.45) is 24.2. The minimum Gasteiger partial charge on any atom is -0.236 e. The van der Waals surface area contributed by atoms with Crippen molar-refractivity contribution in [1.82, 2.24) is 9.97 Å². The molecular formula is C33H47N3. The molecule has 0 radical (unpaired) electrons. The second-order valence-electron chi connectivity index (χ2n) is 11.8. The first-order valence-electron chi connectivity index (χ1n) is 15.0. The third-order valence-electron chi connectivity index (χ3n) is 9.28. The van der Waals surface area contributed by atoms with Crippen molar-refractivity contribution >= 4 is 0 Å². The van der Waals surface area contributed by atoms with E-state index >= 15 is 0 Å². The van der Waals surface area contributed by atoms with Crippen LogP contribution in [-0.4, -0.2) is 9.97 Å². The van der Waals surface area contributed by atoms with Gasteiger partial charge in [0.2, 0.25) is 0 Å². The van der Waals surface area contributed by atoms with Crippen LogP contribution in [0, 0.1) is 22.7 Å². The highest BCUT2D eigenvalue weighted by Gasteiger charge is 2.35. The summed E-state index contributed by atoms with van der Waals surface area (Å²) in [4.78, 5) is 9.53. The molecule has 0 bridgehead atoms. The van der Waals surface area contributed by atoms with Crippen molar-refractivity contribution in [2.45, 2.75) is 128 Å². The van der Waals surface area contributed by atoms with Gasteiger partial charge in [0.15, 0.2) is 5.82 Å². The summed E-state index contributed by atoms with van der Waals surface area (Å²) in [5.41, 5.74) is 3.76. The molecule has 2 saturated carbocycles. The number of unbranched alkanes of at least 4 members (excludes halogenated alkanes) is 4. The minimum atomic E-state index is -0.0735. The first kappa shape index (κ1) is 26.8. The summed E-state index contributed by atoms with van der Waals surface area (Å²) in [6.45, 7) is 4.51. The fourth-order valence-electron chi connectivity index (χ4n) is 6.68. The Morgan fingerprint density at radius 3 is 2.03 bits per heavy atom. The lowest BCUT2D eigenvalue weighted by Gasteiger charge is -2.35. The highest BCUT2D eigenvalue weighted by molar-refractivity contribution is 5.55. The Bertz CT molecular complexity index is 940. The Kier molecular flexibility index (Phi) is 9.97. The van der Waals surface area contributed by atoms with Crippen molar-refractivity contribution in [3.8, 4) is 17.5 Å². The van der Waals surface area contributed by atoms with E-state index in [-0.39, 0.29) is 5.41 Å². The first-order chi connectivity index (χ1) is 17.7. The molecule has 1 aromatic heterocycles. The van der Waals surface area contributed by atoms with E-state index < -0.39 is 0 Å². The molecule has 1 heterocycles. The lowest BCUT2D eigenvalue weighted by Crippen LogP contribution is -2.25. The number of nitrogens with zero attached hydrogens (tertiary/aromatic N) is 3. The van der Waals surface area contributed by atoms with Crippen LogP contribution in [0.4, 0.5) is 0 Å². The van der Waals surface area contributed by atoms with Crippen LogP contribution >= 0.6 is 0 Å². The molecule has 0 N–H and O–H groups in total. The predicted molar refractivity (Wildman–Crippen MR) is 150 cm³/mol. The second kappa shape index (κ2) is 13.4. The van der Waals surface area contributed by atoms with Gasteiger partial charge in [-0.1, -0.05) is 83.1 Å². The maximum atomic E-state index is 9.79. The van der Waals surface area contributed by atoms with Crippen LogP contribution in [0.2, 0.25) is 0 Å². The number of benzene rings is 1. The summed E-state index contributed by atoms with van der Waals surface area (Å²) in [7, 11) is 0. The summed E-state index contributed by atoms with van der Waals surface area (Å²) in [5.74, 6) is 2.99. The van der Waals surface area contributed by atoms with Crippen molar-refractivity contribution in [2.24, 2.45) is 11.3 Å². The average molecular weight is 486 g/mol. The Morgan fingerprint density at radius 1 is 0.778 bits per heavy atom. The molecule has 0 unspecified atom stereocenters. The second-order valence-corrected chi connectivity index (χ2v) is 11.8. The van der Waals surface area contributed by atoms with Crippen LogP contribution in [0.1, 0.15) is 140 Å². The van der Waals surface area contributed by atoms with Gasteiger partial charge in [-0.2, -0.15) is 5.26 Å². The van der Waals surface area contributed by atoms with E-state index in [0.717, 1.165) is 49.4 Å². The molecule has 2 aliphatic carbocycles.